The van der Waals surface area contributed by atoms with E-state index in [1.165, 1.54) is 5.56 Å². The Kier molecular flexibility index (Phi) is 12.2. The Balaban J connectivity index is 0.00000420. The van der Waals surface area contributed by atoms with Crippen molar-refractivity contribution in [1.29, 1.82) is 0 Å². The van der Waals surface area contributed by atoms with E-state index in [4.69, 9.17) is 4.74 Å². The number of hydrogen-bond donors (Lipinski definition) is 2. The van der Waals surface area contributed by atoms with E-state index >= 15 is 0 Å². The summed E-state index contributed by atoms with van der Waals surface area (Å²) in [5.41, 5.74) is 2.34. The number of benzene rings is 1. The van der Waals surface area contributed by atoms with Gasteiger partial charge in [0.15, 0.2) is 5.96 Å². The molecule has 1 aliphatic heterocycles. The highest BCUT2D eigenvalue weighted by atomic mass is 127. The first-order valence-corrected chi connectivity index (χ1v) is 10.5. The zero-order chi connectivity index (χ0) is 20.4. The third-order valence-electron chi connectivity index (χ3n) is 5.12. The minimum atomic E-state index is 0. The molecule has 0 bridgehead atoms. The number of fused-ring (bicyclic) bond motifs is 1. The van der Waals surface area contributed by atoms with E-state index in [1.54, 1.807) is 7.05 Å². The zero-order valence-electron chi connectivity index (χ0n) is 18.2. The van der Waals surface area contributed by atoms with Crippen LogP contribution >= 0.6 is 24.0 Å². The van der Waals surface area contributed by atoms with Crippen LogP contribution in [0.4, 0.5) is 5.69 Å². The summed E-state index contributed by atoms with van der Waals surface area (Å²) in [6.07, 6.45) is 3.48. The Morgan fingerprint density at radius 2 is 1.97 bits per heavy atom. The van der Waals surface area contributed by atoms with Crippen molar-refractivity contribution in [2.45, 2.75) is 52.6 Å². The highest BCUT2D eigenvalue weighted by Gasteiger charge is 2.23. The molecule has 1 aromatic carbocycles. The van der Waals surface area contributed by atoms with E-state index in [9.17, 15) is 4.79 Å². The minimum absolute atomic E-state index is 0. The van der Waals surface area contributed by atoms with E-state index in [0.717, 1.165) is 57.2 Å². The number of guanidine groups is 1. The monoisotopic (exact) mass is 516 g/mol. The highest BCUT2D eigenvalue weighted by Crippen LogP contribution is 2.27. The van der Waals surface area contributed by atoms with E-state index in [0.29, 0.717) is 12.3 Å². The molecule has 0 saturated carbocycles. The first-order valence-electron chi connectivity index (χ1n) is 10.5. The maximum Gasteiger partial charge on any atom is 0.227 e. The largest absolute Gasteiger partial charge is 0.378 e. The Labute approximate surface area is 192 Å². The van der Waals surface area contributed by atoms with Crippen molar-refractivity contribution in [3.63, 3.8) is 0 Å². The average molecular weight is 516 g/mol. The summed E-state index contributed by atoms with van der Waals surface area (Å²) in [6, 6.07) is 8.18. The SMILES string of the molecule is CCOC(CCNC(=NC)NCCCC(=O)N1CCc2ccccc21)C(C)C.I. The second-order valence-electron chi connectivity index (χ2n) is 7.48. The standard InChI is InChI=1S/C22H36N4O2.HI/c1-5-28-20(17(2)3)12-15-25-22(23-4)24-14-8-11-21(27)26-16-13-18-9-6-7-10-19(18)26;/h6-7,9-10,17,20H,5,8,11-16H2,1-4H3,(H2,23,24,25);1H. The molecule has 0 spiro atoms. The van der Waals surface area contributed by atoms with Crippen LogP contribution in [0.15, 0.2) is 29.3 Å². The van der Waals surface area contributed by atoms with Crippen LogP contribution in [0.5, 0.6) is 0 Å². The number of carbonyl (C=O) groups is 1. The minimum Gasteiger partial charge on any atom is -0.378 e. The first kappa shape index (κ1) is 25.7. The van der Waals surface area contributed by atoms with Gasteiger partial charge >= 0.3 is 0 Å². The molecule has 2 N–H and O–H groups in total. The fourth-order valence-electron chi connectivity index (χ4n) is 3.56. The third-order valence-corrected chi connectivity index (χ3v) is 5.12. The van der Waals surface area contributed by atoms with E-state index < -0.39 is 0 Å². The lowest BCUT2D eigenvalue weighted by Crippen LogP contribution is -2.40. The van der Waals surface area contributed by atoms with Crippen LogP contribution in [0.25, 0.3) is 0 Å². The maximum absolute atomic E-state index is 12.5. The number of ether oxygens (including phenoxy) is 1. The Bertz CT molecular complexity index is 651. The molecule has 7 heteroatoms. The van der Waals surface area contributed by atoms with Gasteiger partial charge in [0.1, 0.15) is 0 Å². The summed E-state index contributed by atoms with van der Waals surface area (Å²) >= 11 is 0. The van der Waals surface area contributed by atoms with Gasteiger partial charge < -0.3 is 20.3 Å². The number of para-hydroxylation sites is 1. The second-order valence-corrected chi connectivity index (χ2v) is 7.48. The van der Waals surface area contributed by atoms with Crippen LogP contribution in [0.3, 0.4) is 0 Å². The number of rotatable bonds is 10. The summed E-state index contributed by atoms with van der Waals surface area (Å²) in [7, 11) is 1.77. The van der Waals surface area contributed by atoms with Crippen LogP contribution in [0, 0.1) is 5.92 Å². The summed E-state index contributed by atoms with van der Waals surface area (Å²) in [4.78, 5) is 18.7. The number of nitrogens with one attached hydrogen (secondary N) is 2. The van der Waals surface area contributed by atoms with Crippen molar-refractivity contribution in [2.24, 2.45) is 10.9 Å². The number of aliphatic imine (C=N–C) groups is 1. The molecule has 0 fully saturated rings. The number of halogens is 1. The molecule has 0 radical (unpaired) electrons. The molecule has 0 aromatic heterocycles. The quantitative estimate of drug-likeness (QED) is 0.216. The number of hydrogen-bond acceptors (Lipinski definition) is 3. The smallest absolute Gasteiger partial charge is 0.227 e. The molecule has 164 valence electrons. The van der Waals surface area contributed by atoms with Crippen LogP contribution in [0.1, 0.15) is 45.6 Å². The van der Waals surface area contributed by atoms with Crippen LogP contribution in [-0.2, 0) is 16.0 Å². The van der Waals surface area contributed by atoms with Crippen LogP contribution in [-0.4, -0.2) is 51.3 Å². The Morgan fingerprint density at radius 3 is 2.66 bits per heavy atom. The topological polar surface area (TPSA) is 66.0 Å². The molecule has 0 aliphatic carbocycles. The molecule has 29 heavy (non-hydrogen) atoms. The van der Waals surface area contributed by atoms with Crippen molar-refractivity contribution in [3.8, 4) is 0 Å². The Morgan fingerprint density at radius 1 is 1.24 bits per heavy atom. The van der Waals surface area contributed by atoms with Gasteiger partial charge in [-0.1, -0.05) is 32.0 Å². The molecule has 1 aromatic rings. The summed E-state index contributed by atoms with van der Waals surface area (Å²) < 4.78 is 5.78. The molecule has 1 amide bonds. The highest BCUT2D eigenvalue weighted by molar-refractivity contribution is 14.0. The van der Waals surface area contributed by atoms with Gasteiger partial charge in [-0.25, -0.2) is 0 Å². The van der Waals surface area contributed by atoms with E-state index in [-0.39, 0.29) is 36.0 Å². The molecule has 1 aliphatic rings. The fourth-order valence-corrected chi connectivity index (χ4v) is 3.56. The predicted octanol–water partition coefficient (Wildman–Crippen LogP) is 3.59. The van der Waals surface area contributed by atoms with Gasteiger partial charge in [0.2, 0.25) is 5.91 Å². The summed E-state index contributed by atoms with van der Waals surface area (Å²) in [5, 5.41) is 6.63. The van der Waals surface area contributed by atoms with Gasteiger partial charge in [0, 0.05) is 45.4 Å². The molecule has 1 atom stereocenters. The van der Waals surface area contributed by atoms with Crippen LogP contribution < -0.4 is 15.5 Å². The number of anilines is 1. The van der Waals surface area contributed by atoms with Crippen molar-refractivity contribution in [1.82, 2.24) is 10.6 Å². The van der Waals surface area contributed by atoms with Crippen molar-refractivity contribution >= 4 is 41.5 Å². The van der Waals surface area contributed by atoms with E-state index in [1.807, 2.05) is 30.0 Å². The lowest BCUT2D eigenvalue weighted by molar-refractivity contribution is -0.118. The first-order chi connectivity index (χ1) is 13.6. The predicted molar refractivity (Wildman–Crippen MR) is 131 cm³/mol. The molecule has 0 saturated heterocycles. The van der Waals surface area contributed by atoms with Crippen LogP contribution in [0.2, 0.25) is 0 Å². The maximum atomic E-state index is 12.5. The van der Waals surface area contributed by atoms with Gasteiger partial charge in [-0.2, -0.15) is 0 Å². The summed E-state index contributed by atoms with van der Waals surface area (Å²) in [6.45, 7) is 9.47. The molecular formula is C22H37IN4O2. The summed E-state index contributed by atoms with van der Waals surface area (Å²) in [5.74, 6) is 1.47. The number of nitrogens with zero attached hydrogens (tertiary/aromatic N) is 2. The normalized spacial score (nSPS) is 14.4. The molecule has 1 heterocycles. The number of carbonyl (C=O) groups excluding carboxylic acids is 1. The average Bonchev–Trinajstić information content (AvgIpc) is 3.13. The molecule has 2 rings (SSSR count). The van der Waals surface area contributed by atoms with Crippen molar-refractivity contribution in [3.05, 3.63) is 29.8 Å². The molecular weight excluding hydrogens is 479 g/mol. The second kappa shape index (κ2) is 13.8. The van der Waals surface area contributed by atoms with Gasteiger partial charge in [0.25, 0.3) is 0 Å². The Hall–Kier alpha value is -1.35. The lowest BCUT2D eigenvalue weighted by Gasteiger charge is -2.21. The van der Waals surface area contributed by atoms with Gasteiger partial charge in [-0.05, 0) is 43.7 Å². The van der Waals surface area contributed by atoms with Gasteiger partial charge in [0.05, 0.1) is 6.10 Å². The fraction of sp³-hybridized carbons (Fsp3) is 0.636. The van der Waals surface area contributed by atoms with E-state index in [2.05, 4.69) is 35.5 Å². The molecule has 1 unspecified atom stereocenters. The lowest BCUT2D eigenvalue weighted by atomic mass is 10.0. The van der Waals surface area contributed by atoms with Gasteiger partial charge in [-0.3, -0.25) is 9.79 Å². The number of amides is 1. The van der Waals surface area contributed by atoms with Crippen molar-refractivity contribution < 1.29 is 9.53 Å². The zero-order valence-corrected chi connectivity index (χ0v) is 20.6. The third kappa shape index (κ3) is 8.12. The van der Waals surface area contributed by atoms with Crippen molar-refractivity contribution in [2.75, 3.05) is 38.2 Å². The van der Waals surface area contributed by atoms with Gasteiger partial charge in [-0.15, -0.1) is 24.0 Å². The molecule has 6 nitrogen and oxygen atoms in total.